The Bertz CT molecular complexity index is 1050. The number of hydrogen-bond donors (Lipinski definition) is 3. The first kappa shape index (κ1) is 17.0. The third-order valence-corrected chi connectivity index (χ3v) is 3.98. The van der Waals surface area contributed by atoms with Gasteiger partial charge < -0.3 is 15.5 Å². The van der Waals surface area contributed by atoms with Gasteiger partial charge in [0.25, 0.3) is 11.2 Å². The largest absolute Gasteiger partial charge is 0.478 e. The first-order valence-electron chi connectivity index (χ1n) is 7.25. The minimum absolute atomic E-state index is 0.0661. The summed E-state index contributed by atoms with van der Waals surface area (Å²) < 4.78 is 1.32. The number of anilines is 1. The van der Waals surface area contributed by atoms with Crippen LogP contribution in [-0.2, 0) is 4.79 Å². The van der Waals surface area contributed by atoms with E-state index in [-0.39, 0.29) is 28.3 Å². The van der Waals surface area contributed by atoms with E-state index in [2.05, 4.69) is 5.32 Å². The molecule has 3 N–H and O–H groups in total. The number of non-ortho nitro benzene ring substituents is 1. The molecule has 1 aliphatic rings. The third-order valence-electron chi connectivity index (χ3n) is 3.98. The summed E-state index contributed by atoms with van der Waals surface area (Å²) in [5, 5.41) is 32.7. The van der Waals surface area contributed by atoms with Gasteiger partial charge in [-0.3, -0.25) is 14.9 Å². The molecule has 0 saturated heterocycles. The molecule has 0 bridgehead atoms. The van der Waals surface area contributed by atoms with Crippen LogP contribution in [0.1, 0.15) is 18.5 Å². The average Bonchev–Trinajstić information content (AvgIpc) is 2.88. The third kappa shape index (κ3) is 2.51. The summed E-state index contributed by atoms with van der Waals surface area (Å²) in [5.74, 6) is -1.29. The van der Waals surface area contributed by atoms with Crippen molar-refractivity contribution in [2.45, 2.75) is 13.0 Å². The molecule has 2 aromatic rings. The van der Waals surface area contributed by atoms with Gasteiger partial charge in [0.05, 0.1) is 10.5 Å². The number of allylic oxidation sites excluding steroid dienone is 1. The summed E-state index contributed by atoms with van der Waals surface area (Å²) in [6.45, 7) is 1.46. The van der Waals surface area contributed by atoms with Crippen LogP contribution < -0.4 is 10.9 Å². The zero-order valence-corrected chi connectivity index (χ0v) is 13.2. The van der Waals surface area contributed by atoms with Gasteiger partial charge in [0.2, 0.25) is 0 Å². The lowest BCUT2D eigenvalue weighted by Gasteiger charge is -2.30. The Kier molecular flexibility index (Phi) is 3.83. The van der Waals surface area contributed by atoms with E-state index in [0.29, 0.717) is 4.68 Å². The summed E-state index contributed by atoms with van der Waals surface area (Å²) in [5.41, 5.74) is -1.05. The molecule has 1 unspecified atom stereocenters. The number of aliphatic carboxylic acids is 1. The van der Waals surface area contributed by atoms with E-state index >= 15 is 0 Å². The summed E-state index contributed by atoms with van der Waals surface area (Å²) in [7, 11) is 0. The topological polar surface area (TPSA) is 157 Å². The molecular formula is C15H12N4O7. The van der Waals surface area contributed by atoms with Crippen LogP contribution in [0, 0.1) is 10.1 Å². The van der Waals surface area contributed by atoms with Gasteiger partial charge in [-0.15, -0.1) is 4.68 Å². The minimum atomic E-state index is -1.61. The highest BCUT2D eigenvalue weighted by Crippen LogP contribution is 2.36. The molecule has 3 rings (SSSR count). The van der Waals surface area contributed by atoms with Crippen LogP contribution >= 0.6 is 0 Å². The van der Waals surface area contributed by atoms with Gasteiger partial charge in [0.15, 0.2) is 0 Å². The van der Waals surface area contributed by atoms with E-state index in [0.717, 1.165) is 16.8 Å². The highest BCUT2D eigenvalue weighted by molar-refractivity contribution is 5.91. The second kappa shape index (κ2) is 5.88. The van der Waals surface area contributed by atoms with Crippen molar-refractivity contribution in [1.82, 2.24) is 9.36 Å². The number of nitro groups is 1. The van der Waals surface area contributed by atoms with Crippen molar-refractivity contribution in [3.63, 3.8) is 0 Å². The molecule has 1 atom stereocenters. The summed E-state index contributed by atoms with van der Waals surface area (Å²) in [4.78, 5) is 45.7. The molecule has 0 radical (unpaired) electrons. The average molecular weight is 360 g/mol. The molecule has 1 aromatic heterocycles. The predicted molar refractivity (Wildman–Crippen MR) is 87.3 cm³/mol. The van der Waals surface area contributed by atoms with Crippen molar-refractivity contribution < 1.29 is 24.7 Å². The molecule has 0 fully saturated rings. The van der Waals surface area contributed by atoms with Crippen molar-refractivity contribution in [1.29, 1.82) is 0 Å². The van der Waals surface area contributed by atoms with E-state index in [4.69, 9.17) is 0 Å². The molecule has 1 aliphatic heterocycles. The van der Waals surface area contributed by atoms with Crippen LogP contribution in [-0.4, -0.2) is 36.6 Å². The molecule has 11 nitrogen and oxygen atoms in total. The van der Waals surface area contributed by atoms with Gasteiger partial charge in [-0.2, -0.15) is 0 Å². The Morgan fingerprint density at radius 1 is 1.27 bits per heavy atom. The SMILES string of the molecule is CC1=C(C(=O)O)C(c2cccc([N+](=O)[O-])c2)n2c(cc(=O)n2C(=O)O)N1. The number of nitro benzene ring substituents is 1. The number of fused-ring (bicyclic) bond motifs is 1. The smallest absolute Gasteiger partial charge is 0.434 e. The quantitative estimate of drug-likeness (QED) is 0.548. The maximum absolute atomic E-state index is 12.0. The zero-order valence-electron chi connectivity index (χ0n) is 13.2. The number of benzene rings is 1. The number of rotatable bonds is 3. The Morgan fingerprint density at radius 3 is 2.54 bits per heavy atom. The molecular weight excluding hydrogens is 348 g/mol. The number of hydrogen-bond acceptors (Lipinski definition) is 6. The fourth-order valence-electron chi connectivity index (χ4n) is 2.97. The maximum atomic E-state index is 12.0. The highest BCUT2D eigenvalue weighted by atomic mass is 16.6. The Labute approximate surface area is 144 Å². The van der Waals surface area contributed by atoms with Crippen molar-refractivity contribution >= 4 is 23.6 Å². The summed E-state index contributed by atoms with van der Waals surface area (Å²) >= 11 is 0. The number of nitrogens with one attached hydrogen (secondary N) is 1. The van der Waals surface area contributed by atoms with Gasteiger partial charge in [0.1, 0.15) is 11.9 Å². The number of carboxylic acids is 1. The normalized spacial score (nSPS) is 16.0. The molecule has 26 heavy (non-hydrogen) atoms. The Hall–Kier alpha value is -3.89. The molecule has 2 heterocycles. The van der Waals surface area contributed by atoms with Gasteiger partial charge in [-0.25, -0.2) is 14.3 Å². The zero-order chi connectivity index (χ0) is 19.2. The van der Waals surface area contributed by atoms with Gasteiger partial charge in [-0.1, -0.05) is 12.1 Å². The van der Waals surface area contributed by atoms with Gasteiger partial charge in [-0.05, 0) is 12.5 Å². The fourth-order valence-corrected chi connectivity index (χ4v) is 2.97. The molecule has 0 spiro atoms. The predicted octanol–water partition coefficient (Wildman–Crippen LogP) is 1.46. The number of carbonyl (C=O) groups is 2. The van der Waals surface area contributed by atoms with Crippen molar-refractivity contribution in [2.24, 2.45) is 0 Å². The van der Waals surface area contributed by atoms with Crippen LogP contribution in [0.25, 0.3) is 0 Å². The molecule has 11 heteroatoms. The Morgan fingerprint density at radius 2 is 1.96 bits per heavy atom. The van der Waals surface area contributed by atoms with Crippen molar-refractivity contribution in [2.75, 3.05) is 5.32 Å². The van der Waals surface area contributed by atoms with Gasteiger partial charge in [0, 0.05) is 23.9 Å². The van der Waals surface area contributed by atoms with E-state index in [1.165, 1.54) is 25.1 Å². The van der Waals surface area contributed by atoms with Crippen molar-refractivity contribution in [3.8, 4) is 0 Å². The number of aromatic nitrogens is 2. The van der Waals surface area contributed by atoms with Crippen LogP contribution in [0.2, 0.25) is 0 Å². The second-order valence-electron chi connectivity index (χ2n) is 5.53. The van der Waals surface area contributed by atoms with E-state index < -0.39 is 28.6 Å². The molecule has 134 valence electrons. The number of nitrogens with zero attached hydrogens (tertiary/aromatic N) is 3. The minimum Gasteiger partial charge on any atom is -0.478 e. The summed E-state index contributed by atoms with van der Waals surface area (Å²) in [6.07, 6.45) is -1.61. The molecule has 0 amide bonds. The molecule has 0 saturated carbocycles. The number of carboxylic acid groups (broad SMARTS) is 2. The van der Waals surface area contributed by atoms with E-state index in [1.807, 2.05) is 0 Å². The highest BCUT2D eigenvalue weighted by Gasteiger charge is 2.36. The van der Waals surface area contributed by atoms with E-state index in [1.54, 1.807) is 0 Å². The van der Waals surface area contributed by atoms with Gasteiger partial charge >= 0.3 is 12.1 Å². The van der Waals surface area contributed by atoms with Crippen LogP contribution in [0.5, 0.6) is 0 Å². The second-order valence-corrected chi connectivity index (χ2v) is 5.53. The summed E-state index contributed by atoms with van der Waals surface area (Å²) in [6, 6.07) is 4.92. The van der Waals surface area contributed by atoms with Crippen LogP contribution in [0.4, 0.5) is 16.3 Å². The fraction of sp³-hybridized carbons (Fsp3) is 0.133. The molecule has 0 aliphatic carbocycles. The molecule has 1 aromatic carbocycles. The monoisotopic (exact) mass is 360 g/mol. The lowest BCUT2D eigenvalue weighted by atomic mass is 9.95. The van der Waals surface area contributed by atoms with Crippen LogP contribution in [0.15, 0.2) is 46.4 Å². The van der Waals surface area contributed by atoms with E-state index in [9.17, 15) is 34.7 Å². The first-order valence-corrected chi connectivity index (χ1v) is 7.25. The Balaban J connectivity index is 2.35. The maximum Gasteiger partial charge on any atom is 0.434 e. The van der Waals surface area contributed by atoms with Crippen LogP contribution in [0.3, 0.4) is 0 Å². The van der Waals surface area contributed by atoms with Crippen molar-refractivity contribution in [3.05, 3.63) is 67.6 Å². The lowest BCUT2D eigenvalue weighted by molar-refractivity contribution is -0.384. The standard InChI is InChI=1S/C15H12N4O7/c1-7-12(14(21)22)13(8-3-2-4-9(5-8)19(25)26)17-10(16-7)6-11(20)18(17)15(23)24/h2-6,13,16H,1H3,(H,21,22)(H,23,24). The first-order chi connectivity index (χ1) is 12.2. The lowest BCUT2D eigenvalue weighted by Crippen LogP contribution is -2.36.